The number of hydrogen-bond acceptors (Lipinski definition) is 3. The minimum atomic E-state index is 0.133. The van der Waals surface area contributed by atoms with Gasteiger partial charge < -0.3 is 10.2 Å². The molecule has 5 nitrogen and oxygen atoms in total. The van der Waals surface area contributed by atoms with Crippen LogP contribution in [-0.4, -0.2) is 40.7 Å². The molecule has 3 rings (SSSR count). The van der Waals surface area contributed by atoms with Crippen molar-refractivity contribution in [3.63, 3.8) is 0 Å². The number of hydrogen-bond donors (Lipinski definition) is 1. The third-order valence-electron chi connectivity index (χ3n) is 6.42. The maximum absolute atomic E-state index is 12.3. The van der Waals surface area contributed by atoms with Crippen molar-refractivity contribution in [3.8, 4) is 0 Å². The van der Waals surface area contributed by atoms with Crippen molar-refractivity contribution < 1.29 is 4.79 Å². The van der Waals surface area contributed by atoms with Crippen LogP contribution in [0.4, 0.5) is 0 Å². The summed E-state index contributed by atoms with van der Waals surface area (Å²) < 4.78 is 1.90. The van der Waals surface area contributed by atoms with Crippen molar-refractivity contribution in [1.29, 1.82) is 0 Å². The normalized spacial score (nSPS) is 30.0. The number of likely N-dealkylation sites (tertiary alicyclic amines) is 1. The van der Waals surface area contributed by atoms with Crippen LogP contribution in [0.25, 0.3) is 0 Å². The summed E-state index contributed by atoms with van der Waals surface area (Å²) >= 11 is 0. The van der Waals surface area contributed by atoms with E-state index in [1.165, 1.54) is 24.0 Å². The van der Waals surface area contributed by atoms with E-state index < -0.39 is 0 Å². The van der Waals surface area contributed by atoms with Gasteiger partial charge >= 0.3 is 0 Å². The highest BCUT2D eigenvalue weighted by Gasteiger charge is 2.39. The molecule has 25 heavy (non-hydrogen) atoms. The summed E-state index contributed by atoms with van der Waals surface area (Å²) in [5.41, 5.74) is 3.85. The first-order valence-corrected chi connectivity index (χ1v) is 9.51. The molecule has 0 aromatic carbocycles. The fraction of sp³-hybridized carbons (Fsp3) is 0.700. The smallest absolute Gasteiger partial charge is 0.223 e. The Balaban J connectivity index is 1.66. The number of nitrogens with zero attached hydrogens (tertiary/aromatic N) is 3. The molecule has 2 heterocycles. The highest BCUT2D eigenvalue weighted by atomic mass is 16.2. The molecule has 1 saturated heterocycles. The van der Waals surface area contributed by atoms with E-state index >= 15 is 0 Å². The molecule has 1 aromatic heterocycles. The molecule has 1 aliphatic heterocycles. The number of aromatic nitrogens is 2. The van der Waals surface area contributed by atoms with Gasteiger partial charge in [-0.1, -0.05) is 18.6 Å². The Bertz CT molecular complexity index is 663. The van der Waals surface area contributed by atoms with E-state index in [0.29, 0.717) is 18.3 Å². The molecule has 1 aromatic rings. The molecule has 2 aliphatic rings. The molecule has 1 N–H and O–H groups in total. The average molecular weight is 345 g/mol. The van der Waals surface area contributed by atoms with Gasteiger partial charge in [0.05, 0.1) is 12.2 Å². The predicted molar refractivity (Wildman–Crippen MR) is 100 cm³/mol. The number of nitrogens with one attached hydrogen (secondary N) is 1. The first-order valence-electron chi connectivity index (χ1n) is 9.51. The fourth-order valence-corrected chi connectivity index (χ4v) is 4.57. The Morgan fingerprint density at radius 2 is 2.04 bits per heavy atom. The van der Waals surface area contributed by atoms with Crippen molar-refractivity contribution in [2.24, 2.45) is 24.8 Å². The van der Waals surface area contributed by atoms with Gasteiger partial charge in [0, 0.05) is 50.8 Å². The summed E-state index contributed by atoms with van der Waals surface area (Å²) in [6, 6.07) is 0.133. The van der Waals surface area contributed by atoms with Crippen LogP contribution in [0, 0.1) is 24.7 Å². The Labute approximate surface area is 151 Å². The molecule has 1 fully saturated rings. The van der Waals surface area contributed by atoms with Crippen LogP contribution in [0.2, 0.25) is 0 Å². The second kappa shape index (κ2) is 7.32. The van der Waals surface area contributed by atoms with Gasteiger partial charge in [-0.3, -0.25) is 9.48 Å². The SMILES string of the molecule is CC1=CCC[C@@H](C)[C@@H]1CNC[C@@H]1CC(=O)N(C)[C@H]1c1cnn(C)c1C. The molecular weight excluding hydrogens is 312 g/mol. The number of aryl methyl sites for hydroxylation is 1. The van der Waals surface area contributed by atoms with E-state index in [1.54, 1.807) is 0 Å². The maximum atomic E-state index is 12.3. The van der Waals surface area contributed by atoms with Crippen LogP contribution in [0.1, 0.15) is 50.4 Å². The molecule has 0 spiro atoms. The van der Waals surface area contributed by atoms with Crippen molar-refractivity contribution in [2.45, 2.75) is 46.1 Å². The standard InChI is InChI=1S/C20H32N4O/c1-13-7-6-8-14(2)17(13)11-21-10-16-9-19(25)23(4)20(16)18-12-22-24(5)15(18)3/h7,12,14,16-17,20-21H,6,8-11H2,1-5H3/t14-,16+,17-,20-/m1/s1. The lowest BCUT2D eigenvalue weighted by Gasteiger charge is -2.30. The molecule has 0 radical (unpaired) electrons. The van der Waals surface area contributed by atoms with Crippen LogP contribution in [0.5, 0.6) is 0 Å². The van der Waals surface area contributed by atoms with Gasteiger partial charge in [-0.05, 0) is 38.5 Å². The van der Waals surface area contributed by atoms with Gasteiger partial charge in [-0.15, -0.1) is 0 Å². The molecule has 0 unspecified atom stereocenters. The summed E-state index contributed by atoms with van der Waals surface area (Å²) in [6.45, 7) is 8.59. The second-order valence-electron chi connectivity index (χ2n) is 7.99. The predicted octanol–water partition coefficient (Wildman–Crippen LogP) is 2.83. The first-order chi connectivity index (χ1) is 11.9. The van der Waals surface area contributed by atoms with E-state index in [1.807, 2.05) is 29.9 Å². The Morgan fingerprint density at radius 3 is 2.68 bits per heavy atom. The molecule has 4 atom stereocenters. The number of carbonyl (C=O) groups is 1. The maximum Gasteiger partial charge on any atom is 0.223 e. The summed E-state index contributed by atoms with van der Waals surface area (Å²) in [6.07, 6.45) is 7.44. The zero-order valence-electron chi connectivity index (χ0n) is 16.2. The molecule has 1 aliphatic carbocycles. The van der Waals surface area contributed by atoms with Crippen LogP contribution < -0.4 is 5.32 Å². The number of rotatable bonds is 5. The monoisotopic (exact) mass is 344 g/mol. The van der Waals surface area contributed by atoms with Crippen molar-refractivity contribution >= 4 is 5.91 Å². The minimum absolute atomic E-state index is 0.133. The minimum Gasteiger partial charge on any atom is -0.338 e. The lowest BCUT2D eigenvalue weighted by molar-refractivity contribution is -0.127. The van der Waals surface area contributed by atoms with Gasteiger partial charge in [0.15, 0.2) is 0 Å². The first kappa shape index (κ1) is 18.2. The molecule has 138 valence electrons. The largest absolute Gasteiger partial charge is 0.338 e. The Kier molecular flexibility index (Phi) is 5.32. The third kappa shape index (κ3) is 3.52. The topological polar surface area (TPSA) is 50.2 Å². The van der Waals surface area contributed by atoms with E-state index in [4.69, 9.17) is 0 Å². The van der Waals surface area contributed by atoms with Crippen LogP contribution >= 0.6 is 0 Å². The van der Waals surface area contributed by atoms with Crippen molar-refractivity contribution in [3.05, 3.63) is 29.1 Å². The van der Waals surface area contributed by atoms with E-state index in [9.17, 15) is 4.79 Å². The fourth-order valence-electron chi connectivity index (χ4n) is 4.57. The molecule has 0 saturated carbocycles. The molecule has 0 bridgehead atoms. The summed E-state index contributed by atoms with van der Waals surface area (Å²) in [7, 11) is 3.89. The molecule has 1 amide bonds. The van der Waals surface area contributed by atoms with Gasteiger partial charge in [0.25, 0.3) is 0 Å². The lowest BCUT2D eigenvalue weighted by atomic mass is 9.80. The van der Waals surface area contributed by atoms with Gasteiger partial charge in [0.2, 0.25) is 5.91 Å². The van der Waals surface area contributed by atoms with Crippen LogP contribution in [-0.2, 0) is 11.8 Å². The number of allylic oxidation sites excluding steroid dienone is 1. The van der Waals surface area contributed by atoms with Gasteiger partial charge in [-0.25, -0.2) is 0 Å². The second-order valence-corrected chi connectivity index (χ2v) is 7.99. The highest BCUT2D eigenvalue weighted by molar-refractivity contribution is 5.79. The van der Waals surface area contributed by atoms with Gasteiger partial charge in [-0.2, -0.15) is 5.10 Å². The van der Waals surface area contributed by atoms with E-state index in [-0.39, 0.29) is 11.9 Å². The third-order valence-corrected chi connectivity index (χ3v) is 6.42. The van der Waals surface area contributed by atoms with E-state index in [2.05, 4.69) is 37.3 Å². The summed E-state index contributed by atoms with van der Waals surface area (Å²) in [5, 5.41) is 8.06. The number of amides is 1. The van der Waals surface area contributed by atoms with Crippen molar-refractivity contribution in [2.75, 3.05) is 20.1 Å². The molecular formula is C20H32N4O. The van der Waals surface area contributed by atoms with Crippen LogP contribution in [0.3, 0.4) is 0 Å². The number of carbonyl (C=O) groups excluding carboxylic acids is 1. The Morgan fingerprint density at radius 1 is 1.28 bits per heavy atom. The summed E-state index contributed by atoms with van der Waals surface area (Å²) in [4.78, 5) is 14.2. The van der Waals surface area contributed by atoms with E-state index in [0.717, 1.165) is 24.7 Å². The summed E-state index contributed by atoms with van der Waals surface area (Å²) in [5.74, 6) is 1.91. The Hall–Kier alpha value is -1.62. The highest BCUT2D eigenvalue weighted by Crippen LogP contribution is 2.38. The van der Waals surface area contributed by atoms with Crippen molar-refractivity contribution in [1.82, 2.24) is 20.0 Å². The van der Waals surface area contributed by atoms with Crippen LogP contribution in [0.15, 0.2) is 17.8 Å². The zero-order valence-corrected chi connectivity index (χ0v) is 16.2. The lowest BCUT2D eigenvalue weighted by Crippen LogP contribution is -2.34. The average Bonchev–Trinajstić information content (AvgIpc) is 3.03. The van der Waals surface area contributed by atoms with Gasteiger partial charge in [0.1, 0.15) is 0 Å². The molecule has 5 heteroatoms. The zero-order chi connectivity index (χ0) is 18.1. The quantitative estimate of drug-likeness (QED) is 0.836.